The Morgan fingerprint density at radius 3 is 2.65 bits per heavy atom. The van der Waals surface area contributed by atoms with Crippen molar-refractivity contribution in [2.45, 2.75) is 26.7 Å². The zero-order valence-corrected chi connectivity index (χ0v) is 16.1. The number of hydrogen-bond donors (Lipinski definition) is 2. The summed E-state index contributed by atoms with van der Waals surface area (Å²) >= 11 is 0. The Morgan fingerprint density at radius 1 is 1.30 bits per heavy atom. The Morgan fingerprint density at radius 2 is 2.04 bits per heavy atom. The molecule has 0 saturated heterocycles. The molecule has 2 rings (SSSR count). The average Bonchev–Trinajstić information content (AvgIpc) is 3.02. The summed E-state index contributed by atoms with van der Waals surface area (Å²) in [5.41, 5.74) is 8.17. The second-order valence-electron chi connectivity index (χ2n) is 5.74. The van der Waals surface area contributed by atoms with Crippen LogP contribution in [0.1, 0.15) is 25.8 Å². The van der Waals surface area contributed by atoms with Crippen molar-refractivity contribution in [3.63, 3.8) is 0 Å². The molecule has 23 heavy (non-hydrogen) atoms. The molecule has 126 valence electrons. The third kappa shape index (κ3) is 7.02. The van der Waals surface area contributed by atoms with Crippen LogP contribution in [-0.2, 0) is 6.42 Å². The minimum Gasteiger partial charge on any atom is -0.370 e. The van der Waals surface area contributed by atoms with Crippen molar-refractivity contribution in [1.82, 2.24) is 15.1 Å². The van der Waals surface area contributed by atoms with Crippen LogP contribution in [0.5, 0.6) is 0 Å². The Balaban J connectivity index is 0.00000264. The van der Waals surface area contributed by atoms with Gasteiger partial charge in [0.05, 0.1) is 5.69 Å². The lowest BCUT2D eigenvalue weighted by atomic mass is 10.1. The molecule has 0 amide bonds. The zero-order chi connectivity index (χ0) is 15.8. The van der Waals surface area contributed by atoms with Gasteiger partial charge in [-0.15, -0.1) is 24.0 Å². The first-order chi connectivity index (χ1) is 10.6. The summed E-state index contributed by atoms with van der Waals surface area (Å²) in [5.74, 6) is 1.19. The second kappa shape index (κ2) is 10.3. The van der Waals surface area contributed by atoms with Gasteiger partial charge in [0, 0.05) is 25.5 Å². The first kappa shape index (κ1) is 19.5. The van der Waals surface area contributed by atoms with Crippen LogP contribution in [0.25, 0.3) is 5.69 Å². The Labute approximate surface area is 155 Å². The van der Waals surface area contributed by atoms with Gasteiger partial charge in [-0.3, -0.25) is 4.99 Å². The molecular weight excluding hydrogens is 401 g/mol. The van der Waals surface area contributed by atoms with E-state index in [0.717, 1.165) is 31.6 Å². The molecule has 0 aliphatic rings. The van der Waals surface area contributed by atoms with E-state index in [2.05, 4.69) is 53.5 Å². The van der Waals surface area contributed by atoms with E-state index in [9.17, 15) is 0 Å². The molecule has 3 N–H and O–H groups in total. The second-order valence-corrected chi connectivity index (χ2v) is 5.74. The van der Waals surface area contributed by atoms with Crippen molar-refractivity contribution in [1.29, 1.82) is 0 Å². The van der Waals surface area contributed by atoms with E-state index < -0.39 is 0 Å². The Bertz CT molecular complexity index is 576. The van der Waals surface area contributed by atoms with Crippen molar-refractivity contribution < 1.29 is 0 Å². The topological polar surface area (TPSA) is 68.2 Å². The third-order valence-electron chi connectivity index (χ3n) is 3.41. The fraction of sp³-hybridized carbons (Fsp3) is 0.412. The van der Waals surface area contributed by atoms with Gasteiger partial charge in [0.1, 0.15) is 0 Å². The van der Waals surface area contributed by atoms with Gasteiger partial charge in [-0.1, -0.05) is 26.0 Å². The molecule has 0 radical (unpaired) electrons. The molecule has 1 aromatic carbocycles. The van der Waals surface area contributed by atoms with E-state index in [4.69, 9.17) is 5.73 Å². The van der Waals surface area contributed by atoms with Crippen LogP contribution in [0.3, 0.4) is 0 Å². The summed E-state index contributed by atoms with van der Waals surface area (Å²) in [7, 11) is 0. The van der Waals surface area contributed by atoms with Crippen molar-refractivity contribution in [3.8, 4) is 5.69 Å². The normalized spacial score (nSPS) is 11.3. The lowest BCUT2D eigenvalue weighted by Gasteiger charge is -2.07. The predicted octanol–water partition coefficient (Wildman–Crippen LogP) is 2.98. The van der Waals surface area contributed by atoms with Crippen LogP contribution in [0, 0.1) is 5.92 Å². The number of nitrogens with zero attached hydrogens (tertiary/aromatic N) is 3. The van der Waals surface area contributed by atoms with Gasteiger partial charge >= 0.3 is 0 Å². The maximum absolute atomic E-state index is 5.84. The lowest BCUT2D eigenvalue weighted by Crippen LogP contribution is -2.33. The number of nitrogens with two attached hydrogens (primary N) is 1. The van der Waals surface area contributed by atoms with E-state index in [0.29, 0.717) is 11.9 Å². The minimum atomic E-state index is 0. The van der Waals surface area contributed by atoms with E-state index in [1.165, 1.54) is 5.56 Å². The molecule has 5 nitrogen and oxygen atoms in total. The fourth-order valence-corrected chi connectivity index (χ4v) is 2.07. The van der Waals surface area contributed by atoms with Gasteiger partial charge in [0.2, 0.25) is 0 Å². The first-order valence-corrected chi connectivity index (χ1v) is 7.78. The van der Waals surface area contributed by atoms with Crippen molar-refractivity contribution >= 4 is 29.9 Å². The van der Waals surface area contributed by atoms with Crippen LogP contribution in [0.2, 0.25) is 0 Å². The summed E-state index contributed by atoms with van der Waals surface area (Å²) in [6, 6.07) is 10.3. The Kier molecular flexibility index (Phi) is 8.68. The summed E-state index contributed by atoms with van der Waals surface area (Å²) < 4.78 is 1.85. The van der Waals surface area contributed by atoms with Crippen LogP contribution in [-0.4, -0.2) is 28.8 Å². The van der Waals surface area contributed by atoms with Gasteiger partial charge in [0.15, 0.2) is 5.96 Å². The van der Waals surface area contributed by atoms with E-state index in [-0.39, 0.29) is 24.0 Å². The number of aliphatic imine (C=N–C) groups is 1. The molecule has 0 spiro atoms. The molecule has 0 bridgehead atoms. The van der Waals surface area contributed by atoms with Gasteiger partial charge < -0.3 is 11.1 Å². The number of benzene rings is 1. The van der Waals surface area contributed by atoms with Crippen molar-refractivity contribution in [2.24, 2.45) is 16.6 Å². The van der Waals surface area contributed by atoms with Gasteiger partial charge in [-0.05, 0) is 42.5 Å². The molecule has 0 aliphatic carbocycles. The number of aromatic nitrogens is 2. The SMILES string of the molecule is CC(C)CCN=C(N)NCCc1ccc(-n2cccn2)cc1.I. The zero-order valence-electron chi connectivity index (χ0n) is 13.8. The van der Waals surface area contributed by atoms with Crippen LogP contribution < -0.4 is 11.1 Å². The van der Waals surface area contributed by atoms with E-state index in [1.54, 1.807) is 6.20 Å². The number of nitrogens with one attached hydrogen (secondary N) is 1. The summed E-state index contributed by atoms with van der Waals surface area (Å²) in [4.78, 5) is 4.32. The fourth-order valence-electron chi connectivity index (χ4n) is 2.07. The maximum Gasteiger partial charge on any atom is 0.188 e. The molecule has 0 saturated carbocycles. The Hall–Kier alpha value is -1.57. The molecule has 0 aliphatic heterocycles. The summed E-state index contributed by atoms with van der Waals surface area (Å²) in [6.07, 6.45) is 5.70. The van der Waals surface area contributed by atoms with Crippen LogP contribution >= 0.6 is 24.0 Å². The standard InChI is InChI=1S/C17H25N5.HI/c1-14(2)8-11-19-17(18)20-12-9-15-4-6-16(7-5-15)22-13-3-10-21-22;/h3-7,10,13-14H,8-9,11-12H2,1-2H3,(H3,18,19,20);1H. The number of hydrogen-bond acceptors (Lipinski definition) is 2. The quantitative estimate of drug-likeness (QED) is 0.406. The third-order valence-corrected chi connectivity index (χ3v) is 3.41. The first-order valence-electron chi connectivity index (χ1n) is 7.78. The molecule has 1 heterocycles. The molecular formula is C17H26IN5. The number of guanidine groups is 1. The van der Waals surface area contributed by atoms with E-state index in [1.807, 2.05) is 16.9 Å². The van der Waals surface area contributed by atoms with Crippen molar-refractivity contribution in [3.05, 3.63) is 48.3 Å². The number of rotatable bonds is 7. The van der Waals surface area contributed by atoms with Crippen molar-refractivity contribution in [2.75, 3.05) is 13.1 Å². The molecule has 0 unspecified atom stereocenters. The molecule has 2 aromatic rings. The summed E-state index contributed by atoms with van der Waals surface area (Å²) in [5, 5.41) is 7.37. The van der Waals surface area contributed by atoms with E-state index >= 15 is 0 Å². The van der Waals surface area contributed by atoms with Gasteiger partial charge in [0.25, 0.3) is 0 Å². The lowest BCUT2D eigenvalue weighted by molar-refractivity contribution is 0.595. The summed E-state index contributed by atoms with van der Waals surface area (Å²) in [6.45, 7) is 5.95. The molecule has 0 atom stereocenters. The van der Waals surface area contributed by atoms with Gasteiger partial charge in [-0.25, -0.2) is 4.68 Å². The van der Waals surface area contributed by atoms with Crippen LogP contribution in [0.4, 0.5) is 0 Å². The van der Waals surface area contributed by atoms with Gasteiger partial charge in [-0.2, -0.15) is 5.10 Å². The average molecular weight is 427 g/mol. The highest BCUT2D eigenvalue weighted by Crippen LogP contribution is 2.08. The molecule has 1 aromatic heterocycles. The maximum atomic E-state index is 5.84. The van der Waals surface area contributed by atoms with Crippen LogP contribution in [0.15, 0.2) is 47.7 Å². The smallest absolute Gasteiger partial charge is 0.188 e. The largest absolute Gasteiger partial charge is 0.370 e. The highest BCUT2D eigenvalue weighted by Gasteiger charge is 1.98. The highest BCUT2D eigenvalue weighted by atomic mass is 127. The molecule has 0 fully saturated rings. The monoisotopic (exact) mass is 427 g/mol. The number of halogens is 1. The predicted molar refractivity (Wildman–Crippen MR) is 107 cm³/mol. The highest BCUT2D eigenvalue weighted by molar-refractivity contribution is 14.0. The minimum absolute atomic E-state index is 0. The molecule has 6 heteroatoms.